The molecule has 0 amide bonds. The SMILES string of the molecule is NCCCC1CCCN(c2cc(-c3ccccc3O)nnc2N)CC1. The Bertz CT molecular complexity index is 706. The summed E-state index contributed by atoms with van der Waals surface area (Å²) in [4.78, 5) is 2.30. The van der Waals surface area contributed by atoms with Gasteiger partial charge in [-0.25, -0.2) is 0 Å². The van der Waals surface area contributed by atoms with Crippen LogP contribution in [0, 0.1) is 5.92 Å². The van der Waals surface area contributed by atoms with E-state index in [1.807, 2.05) is 18.2 Å². The zero-order valence-electron chi connectivity index (χ0n) is 14.6. The van der Waals surface area contributed by atoms with Gasteiger partial charge < -0.3 is 21.5 Å². The smallest absolute Gasteiger partial charge is 0.169 e. The molecule has 0 saturated carbocycles. The van der Waals surface area contributed by atoms with E-state index in [9.17, 15) is 5.11 Å². The topological polar surface area (TPSA) is 101 Å². The van der Waals surface area contributed by atoms with Gasteiger partial charge in [-0.05, 0) is 62.8 Å². The van der Waals surface area contributed by atoms with Gasteiger partial charge in [-0.15, -0.1) is 10.2 Å². The number of nitrogens with zero attached hydrogens (tertiary/aromatic N) is 3. The summed E-state index contributed by atoms with van der Waals surface area (Å²) in [5.41, 5.74) is 14.0. The zero-order chi connectivity index (χ0) is 17.6. The van der Waals surface area contributed by atoms with Crippen LogP contribution in [-0.2, 0) is 0 Å². The number of anilines is 2. The Labute approximate surface area is 148 Å². The Morgan fingerprint density at radius 3 is 2.80 bits per heavy atom. The summed E-state index contributed by atoms with van der Waals surface area (Å²) in [6.45, 7) is 2.70. The van der Waals surface area contributed by atoms with E-state index in [-0.39, 0.29) is 5.75 Å². The van der Waals surface area contributed by atoms with Crippen LogP contribution in [0.2, 0.25) is 0 Å². The number of aromatic nitrogens is 2. The van der Waals surface area contributed by atoms with Crippen LogP contribution in [0.15, 0.2) is 30.3 Å². The van der Waals surface area contributed by atoms with Crippen molar-refractivity contribution in [2.24, 2.45) is 11.7 Å². The molecule has 1 aliphatic heterocycles. The summed E-state index contributed by atoms with van der Waals surface area (Å²) in [5.74, 6) is 1.38. The zero-order valence-corrected chi connectivity index (χ0v) is 14.6. The molecule has 6 heteroatoms. The molecule has 3 rings (SSSR count). The molecular formula is C19H27N5O. The van der Waals surface area contributed by atoms with Crippen LogP contribution in [0.25, 0.3) is 11.3 Å². The Balaban J connectivity index is 1.80. The lowest BCUT2D eigenvalue weighted by Gasteiger charge is -2.24. The second kappa shape index (κ2) is 8.16. The van der Waals surface area contributed by atoms with Gasteiger partial charge in [0.25, 0.3) is 0 Å². The third-order valence-corrected chi connectivity index (χ3v) is 4.99. The van der Waals surface area contributed by atoms with E-state index in [0.717, 1.165) is 50.5 Å². The fourth-order valence-electron chi connectivity index (χ4n) is 3.57. The molecule has 1 atom stereocenters. The summed E-state index contributed by atoms with van der Waals surface area (Å²) in [7, 11) is 0. The van der Waals surface area contributed by atoms with Crippen molar-refractivity contribution in [3.05, 3.63) is 30.3 Å². The van der Waals surface area contributed by atoms with E-state index < -0.39 is 0 Å². The third kappa shape index (κ3) is 4.20. The first-order valence-corrected chi connectivity index (χ1v) is 9.05. The van der Waals surface area contributed by atoms with E-state index in [1.54, 1.807) is 12.1 Å². The van der Waals surface area contributed by atoms with Crippen molar-refractivity contribution in [1.82, 2.24) is 10.2 Å². The molecule has 1 aliphatic rings. The van der Waals surface area contributed by atoms with Gasteiger partial charge in [0, 0.05) is 18.7 Å². The first-order valence-electron chi connectivity index (χ1n) is 9.05. The van der Waals surface area contributed by atoms with E-state index in [4.69, 9.17) is 11.5 Å². The number of rotatable bonds is 5. The number of phenolic OH excluding ortho intramolecular Hbond substituents is 1. The van der Waals surface area contributed by atoms with Crippen LogP contribution in [0.4, 0.5) is 11.5 Å². The van der Waals surface area contributed by atoms with Crippen LogP contribution in [0.5, 0.6) is 5.75 Å². The maximum atomic E-state index is 10.1. The number of nitrogens with two attached hydrogens (primary N) is 2. The first-order chi connectivity index (χ1) is 12.2. The van der Waals surface area contributed by atoms with Gasteiger partial charge in [-0.3, -0.25) is 0 Å². The van der Waals surface area contributed by atoms with Gasteiger partial charge in [0.05, 0.1) is 11.4 Å². The molecule has 1 fully saturated rings. The maximum absolute atomic E-state index is 10.1. The fourth-order valence-corrected chi connectivity index (χ4v) is 3.57. The van der Waals surface area contributed by atoms with Crippen LogP contribution in [0.1, 0.15) is 32.1 Å². The molecule has 2 aromatic rings. The summed E-state index contributed by atoms with van der Waals surface area (Å²) in [6, 6.07) is 9.10. The van der Waals surface area contributed by atoms with Gasteiger partial charge in [-0.2, -0.15) is 0 Å². The molecule has 0 spiro atoms. The average Bonchev–Trinajstić information content (AvgIpc) is 2.86. The number of hydrogen-bond donors (Lipinski definition) is 3. The van der Waals surface area contributed by atoms with Crippen molar-refractivity contribution in [2.75, 3.05) is 30.3 Å². The molecule has 1 unspecified atom stereocenters. The maximum Gasteiger partial charge on any atom is 0.169 e. The summed E-state index contributed by atoms with van der Waals surface area (Å²) >= 11 is 0. The second-order valence-electron chi connectivity index (χ2n) is 6.73. The Morgan fingerprint density at radius 2 is 2.00 bits per heavy atom. The van der Waals surface area contributed by atoms with Crippen LogP contribution in [0.3, 0.4) is 0 Å². The molecule has 1 aromatic carbocycles. The highest BCUT2D eigenvalue weighted by molar-refractivity contribution is 5.73. The monoisotopic (exact) mass is 341 g/mol. The van der Waals surface area contributed by atoms with Crippen LogP contribution in [-0.4, -0.2) is 34.9 Å². The molecule has 6 nitrogen and oxygen atoms in total. The van der Waals surface area contributed by atoms with Crippen molar-refractivity contribution in [2.45, 2.75) is 32.1 Å². The quantitative estimate of drug-likeness (QED) is 0.773. The van der Waals surface area contributed by atoms with E-state index in [0.29, 0.717) is 17.1 Å². The highest BCUT2D eigenvalue weighted by Crippen LogP contribution is 2.33. The number of nitrogen functional groups attached to an aromatic ring is 1. The summed E-state index contributed by atoms with van der Waals surface area (Å²) in [5, 5.41) is 18.4. The first kappa shape index (κ1) is 17.5. The highest BCUT2D eigenvalue weighted by Gasteiger charge is 2.20. The number of hydrogen-bond acceptors (Lipinski definition) is 6. The average molecular weight is 341 g/mol. The largest absolute Gasteiger partial charge is 0.507 e. The molecule has 1 aromatic heterocycles. The fraction of sp³-hybridized carbons (Fsp3) is 0.474. The molecule has 5 N–H and O–H groups in total. The number of phenols is 1. The van der Waals surface area contributed by atoms with Crippen molar-refractivity contribution < 1.29 is 5.11 Å². The molecule has 0 aliphatic carbocycles. The molecule has 0 radical (unpaired) electrons. The number of benzene rings is 1. The normalized spacial score (nSPS) is 18.1. The summed E-state index contributed by atoms with van der Waals surface area (Å²) in [6.07, 6.45) is 5.83. The lowest BCUT2D eigenvalue weighted by atomic mass is 9.95. The number of aromatic hydroxyl groups is 1. The van der Waals surface area contributed by atoms with E-state index >= 15 is 0 Å². The molecular weight excluding hydrogens is 314 g/mol. The second-order valence-corrected chi connectivity index (χ2v) is 6.73. The lowest BCUT2D eigenvalue weighted by molar-refractivity contribution is 0.429. The molecule has 25 heavy (non-hydrogen) atoms. The molecule has 134 valence electrons. The summed E-state index contributed by atoms with van der Waals surface area (Å²) < 4.78 is 0. The van der Waals surface area contributed by atoms with Gasteiger partial charge in [0.2, 0.25) is 0 Å². The van der Waals surface area contributed by atoms with Crippen molar-refractivity contribution in [3.8, 4) is 17.0 Å². The minimum atomic E-state index is 0.199. The van der Waals surface area contributed by atoms with Crippen LogP contribution < -0.4 is 16.4 Å². The van der Waals surface area contributed by atoms with Crippen molar-refractivity contribution >= 4 is 11.5 Å². The Morgan fingerprint density at radius 1 is 1.16 bits per heavy atom. The number of para-hydroxylation sites is 1. The van der Waals surface area contributed by atoms with E-state index in [1.165, 1.54) is 12.8 Å². The molecule has 1 saturated heterocycles. The minimum Gasteiger partial charge on any atom is -0.507 e. The predicted molar refractivity (Wildman–Crippen MR) is 101 cm³/mol. The van der Waals surface area contributed by atoms with Gasteiger partial charge in [-0.1, -0.05) is 12.1 Å². The van der Waals surface area contributed by atoms with Gasteiger partial charge >= 0.3 is 0 Å². The third-order valence-electron chi connectivity index (χ3n) is 4.99. The lowest BCUT2D eigenvalue weighted by Crippen LogP contribution is -2.25. The Kier molecular flexibility index (Phi) is 5.71. The Hall–Kier alpha value is -2.34. The molecule has 0 bridgehead atoms. The minimum absolute atomic E-state index is 0.199. The standard InChI is InChI=1S/C19H27N5O/c20-10-3-5-14-6-4-11-24(12-9-14)17-13-16(22-23-19(17)21)15-7-1-2-8-18(15)25/h1-2,7-8,13-14,25H,3-6,9-12,20H2,(H2,21,23). The molecule has 2 heterocycles. The van der Waals surface area contributed by atoms with Crippen molar-refractivity contribution in [1.29, 1.82) is 0 Å². The predicted octanol–water partition coefficient (Wildman–Crippen LogP) is 2.78. The highest BCUT2D eigenvalue weighted by atomic mass is 16.3. The van der Waals surface area contributed by atoms with Gasteiger partial charge in [0.1, 0.15) is 5.75 Å². The van der Waals surface area contributed by atoms with Gasteiger partial charge in [0.15, 0.2) is 5.82 Å². The van der Waals surface area contributed by atoms with Crippen molar-refractivity contribution in [3.63, 3.8) is 0 Å². The van der Waals surface area contributed by atoms with E-state index in [2.05, 4.69) is 15.1 Å². The van der Waals surface area contributed by atoms with Crippen LogP contribution >= 0.6 is 0 Å².